The second-order valence-electron chi connectivity index (χ2n) is 10.0. The Morgan fingerprint density at radius 3 is 2.50 bits per heavy atom. The molecule has 3 rings (SSSR count). The Kier molecular flexibility index (Phi) is 6.37. The lowest BCUT2D eigenvalue weighted by molar-refractivity contribution is -0.146. The summed E-state index contributed by atoms with van der Waals surface area (Å²) in [6.07, 6.45) is 1.70. The summed E-state index contributed by atoms with van der Waals surface area (Å²) < 4.78 is 35.3. The lowest BCUT2D eigenvalue weighted by atomic mass is 9.82. The van der Waals surface area contributed by atoms with Gasteiger partial charge in [0.1, 0.15) is 18.2 Å². The van der Waals surface area contributed by atoms with Crippen molar-refractivity contribution in [2.75, 3.05) is 18.1 Å². The van der Waals surface area contributed by atoms with E-state index in [1.165, 1.54) is 0 Å². The van der Waals surface area contributed by atoms with Crippen molar-refractivity contribution >= 4 is 23.5 Å². The fraction of sp³-hybridized carbons (Fsp3) is 0.625. The first-order valence-corrected chi connectivity index (χ1v) is 11.1. The van der Waals surface area contributed by atoms with E-state index < -0.39 is 46.9 Å². The molecule has 1 atom stereocenters. The predicted octanol–water partition coefficient (Wildman–Crippen LogP) is 3.95. The summed E-state index contributed by atoms with van der Waals surface area (Å²) in [6.45, 7) is 10.1. The molecule has 1 N–H and O–H groups in total. The van der Waals surface area contributed by atoms with Gasteiger partial charge in [0.05, 0.1) is 24.1 Å². The highest BCUT2D eigenvalue weighted by molar-refractivity contribution is 6.10. The second kappa shape index (κ2) is 8.45. The predicted molar refractivity (Wildman–Crippen MR) is 116 cm³/mol. The van der Waals surface area contributed by atoms with Crippen LogP contribution in [0.2, 0.25) is 0 Å². The van der Waals surface area contributed by atoms with Crippen LogP contribution in [0, 0.1) is 17.0 Å². The number of anilines is 1. The molecule has 1 fully saturated rings. The summed E-state index contributed by atoms with van der Waals surface area (Å²) >= 11 is 0. The van der Waals surface area contributed by atoms with Crippen LogP contribution >= 0.6 is 0 Å². The number of halogens is 2. The number of hydrogen-bond acceptors (Lipinski definition) is 4. The van der Waals surface area contributed by atoms with Gasteiger partial charge in [-0.05, 0) is 63.5 Å². The summed E-state index contributed by atoms with van der Waals surface area (Å²) in [5.41, 5.74) is -1.71. The molecule has 1 saturated carbocycles. The Bertz CT molecular complexity index is 954. The smallest absolute Gasteiger partial charge is 0.306 e. The Labute approximate surface area is 187 Å². The molecule has 1 heterocycles. The van der Waals surface area contributed by atoms with Crippen molar-refractivity contribution in [2.24, 2.45) is 5.41 Å². The molecule has 1 aromatic rings. The second-order valence-corrected chi connectivity index (χ2v) is 10.0. The van der Waals surface area contributed by atoms with Gasteiger partial charge in [-0.25, -0.2) is 8.78 Å². The summed E-state index contributed by atoms with van der Waals surface area (Å²) in [6, 6.07) is 0.736. The number of ether oxygens (including phenoxy) is 1. The first-order chi connectivity index (χ1) is 14.8. The van der Waals surface area contributed by atoms with Gasteiger partial charge in [-0.2, -0.15) is 0 Å². The van der Waals surface area contributed by atoms with Crippen molar-refractivity contribution in [1.29, 1.82) is 0 Å². The zero-order valence-corrected chi connectivity index (χ0v) is 19.6. The molecule has 0 bridgehead atoms. The Morgan fingerprint density at radius 2 is 1.94 bits per heavy atom. The number of amides is 2. The zero-order chi connectivity index (χ0) is 24.0. The number of fused-ring (bicyclic) bond motifs is 1. The normalized spacial score (nSPS) is 18.4. The van der Waals surface area contributed by atoms with Crippen molar-refractivity contribution in [3.63, 3.8) is 0 Å². The minimum atomic E-state index is -1.28. The highest BCUT2D eigenvalue weighted by Crippen LogP contribution is 2.50. The molecule has 1 aromatic carbocycles. The molecule has 0 spiro atoms. The average Bonchev–Trinajstić information content (AvgIpc) is 3.48. The molecule has 1 unspecified atom stereocenters. The Balaban J connectivity index is 1.80. The van der Waals surface area contributed by atoms with E-state index in [0.717, 1.165) is 23.8 Å². The van der Waals surface area contributed by atoms with Crippen LogP contribution < -0.4 is 10.2 Å². The monoisotopic (exact) mass is 450 g/mol. The van der Waals surface area contributed by atoms with E-state index in [-0.39, 0.29) is 36.2 Å². The maximum Gasteiger partial charge on any atom is 0.306 e. The van der Waals surface area contributed by atoms with Gasteiger partial charge in [0.15, 0.2) is 0 Å². The van der Waals surface area contributed by atoms with Crippen molar-refractivity contribution < 1.29 is 27.9 Å². The van der Waals surface area contributed by atoms with Crippen LogP contribution in [0.15, 0.2) is 6.07 Å². The van der Waals surface area contributed by atoms with E-state index in [1.807, 2.05) is 13.8 Å². The lowest BCUT2D eigenvalue weighted by Crippen LogP contribution is -2.49. The highest BCUT2D eigenvalue weighted by atomic mass is 19.1. The molecule has 1 aliphatic heterocycles. The number of carbonyl (C=O) groups excluding carboxylic acids is 3. The standard InChI is InChI=1S/C24H32F2N2O4/c1-7-32-18(30)11-23(3,4)13(2)27-17(29)12-28-21-16(25)10-15(14-8-9-14)20(26)19(21)24(5,6)22(28)31/h10,13-14H,7-9,11-12H2,1-6H3,(H,27,29). The summed E-state index contributed by atoms with van der Waals surface area (Å²) in [7, 11) is 0. The number of nitrogens with one attached hydrogen (secondary N) is 1. The quantitative estimate of drug-likeness (QED) is 0.609. The van der Waals surface area contributed by atoms with Gasteiger partial charge < -0.3 is 10.1 Å². The largest absolute Gasteiger partial charge is 0.466 e. The highest BCUT2D eigenvalue weighted by Gasteiger charge is 2.49. The zero-order valence-electron chi connectivity index (χ0n) is 19.6. The first kappa shape index (κ1) is 24.1. The van der Waals surface area contributed by atoms with Crippen molar-refractivity contribution in [3.05, 3.63) is 28.8 Å². The van der Waals surface area contributed by atoms with Crippen LogP contribution in [0.4, 0.5) is 14.5 Å². The lowest BCUT2D eigenvalue weighted by Gasteiger charge is -2.32. The van der Waals surface area contributed by atoms with Gasteiger partial charge >= 0.3 is 5.97 Å². The summed E-state index contributed by atoms with van der Waals surface area (Å²) in [5.74, 6) is -2.65. The summed E-state index contributed by atoms with van der Waals surface area (Å²) in [4.78, 5) is 38.7. The molecule has 0 aromatic heterocycles. The number of rotatable bonds is 8. The molecule has 0 radical (unpaired) electrons. The first-order valence-electron chi connectivity index (χ1n) is 11.1. The Hall–Kier alpha value is -2.51. The van der Waals surface area contributed by atoms with Crippen LogP contribution in [-0.2, 0) is 24.5 Å². The van der Waals surface area contributed by atoms with Crippen molar-refractivity contribution in [1.82, 2.24) is 5.32 Å². The van der Waals surface area contributed by atoms with E-state index >= 15 is 8.78 Å². The molecule has 2 amide bonds. The fourth-order valence-corrected chi connectivity index (χ4v) is 4.22. The third-order valence-corrected chi connectivity index (χ3v) is 6.67. The molecule has 8 heteroatoms. The van der Waals surface area contributed by atoms with Crippen LogP contribution in [0.5, 0.6) is 0 Å². The molecular formula is C24H32F2N2O4. The van der Waals surface area contributed by atoms with E-state index in [0.29, 0.717) is 5.56 Å². The van der Waals surface area contributed by atoms with Crippen molar-refractivity contribution in [3.8, 4) is 0 Å². The average molecular weight is 451 g/mol. The topological polar surface area (TPSA) is 75.7 Å². The Morgan fingerprint density at radius 1 is 1.31 bits per heavy atom. The van der Waals surface area contributed by atoms with E-state index in [1.54, 1.807) is 27.7 Å². The van der Waals surface area contributed by atoms with E-state index in [9.17, 15) is 14.4 Å². The molecule has 6 nitrogen and oxygen atoms in total. The minimum Gasteiger partial charge on any atom is -0.466 e. The molecule has 32 heavy (non-hydrogen) atoms. The van der Waals surface area contributed by atoms with Gasteiger partial charge in [0, 0.05) is 11.6 Å². The fourth-order valence-electron chi connectivity index (χ4n) is 4.22. The van der Waals surface area contributed by atoms with Crippen LogP contribution in [-0.4, -0.2) is 37.0 Å². The SMILES string of the molecule is CCOC(=O)CC(C)(C)C(C)NC(=O)CN1C(=O)C(C)(C)c2c(F)c(C3CC3)cc(F)c21. The third kappa shape index (κ3) is 4.36. The van der Waals surface area contributed by atoms with Crippen LogP contribution in [0.25, 0.3) is 0 Å². The summed E-state index contributed by atoms with van der Waals surface area (Å²) in [5, 5.41) is 2.79. The number of carbonyl (C=O) groups is 3. The van der Waals surface area contributed by atoms with Crippen LogP contribution in [0.1, 0.15) is 77.8 Å². The third-order valence-electron chi connectivity index (χ3n) is 6.67. The number of hydrogen-bond donors (Lipinski definition) is 1. The molecule has 1 aliphatic carbocycles. The van der Waals surface area contributed by atoms with Gasteiger partial charge in [-0.1, -0.05) is 13.8 Å². The molecule has 2 aliphatic rings. The number of nitrogens with zero attached hydrogens (tertiary/aromatic N) is 1. The van der Waals surface area contributed by atoms with Gasteiger partial charge in [0.25, 0.3) is 0 Å². The number of benzene rings is 1. The maximum absolute atomic E-state index is 15.3. The van der Waals surface area contributed by atoms with Crippen LogP contribution in [0.3, 0.4) is 0 Å². The number of esters is 1. The van der Waals surface area contributed by atoms with Crippen molar-refractivity contribution in [2.45, 2.75) is 78.2 Å². The molecule has 0 saturated heterocycles. The van der Waals surface area contributed by atoms with E-state index in [2.05, 4.69) is 5.32 Å². The minimum absolute atomic E-state index is 0.0134. The van der Waals surface area contributed by atoms with Gasteiger partial charge in [-0.15, -0.1) is 0 Å². The van der Waals surface area contributed by atoms with Gasteiger partial charge in [0.2, 0.25) is 11.8 Å². The maximum atomic E-state index is 15.3. The molecule has 176 valence electrons. The molecular weight excluding hydrogens is 418 g/mol. The van der Waals surface area contributed by atoms with Gasteiger partial charge in [-0.3, -0.25) is 19.3 Å². The van der Waals surface area contributed by atoms with E-state index in [4.69, 9.17) is 4.74 Å².